The third kappa shape index (κ3) is 3.26. The maximum Gasteiger partial charge on any atom is 0.198 e. The van der Waals surface area contributed by atoms with Crippen molar-refractivity contribution in [1.82, 2.24) is 20.3 Å². The van der Waals surface area contributed by atoms with Gasteiger partial charge in [-0.3, -0.25) is 4.98 Å². The number of hydrogen-bond donors (Lipinski definition) is 3. The van der Waals surface area contributed by atoms with Crippen LogP contribution in [0.25, 0.3) is 16.7 Å². The molecule has 118 valence electrons. The summed E-state index contributed by atoms with van der Waals surface area (Å²) in [6.07, 6.45) is 4.75. The number of fused-ring (bicyclic) bond motifs is 1. The Kier molecular flexibility index (Phi) is 4.14. The number of nitrogens with one attached hydrogen (secondary N) is 2. The lowest BCUT2D eigenvalue weighted by Gasteiger charge is -2.09. The SMILES string of the molecule is CC/C=C(\NC)c1cc(Oc2ccc3nc(N)[nH]c3c2)ccn1. The van der Waals surface area contributed by atoms with E-state index in [1.54, 1.807) is 6.20 Å². The quantitative estimate of drug-likeness (QED) is 0.673. The fourth-order valence-electron chi connectivity index (χ4n) is 2.37. The van der Waals surface area contributed by atoms with Crippen LogP contribution in [-0.4, -0.2) is 22.0 Å². The molecule has 0 amide bonds. The van der Waals surface area contributed by atoms with Crippen molar-refractivity contribution >= 4 is 22.7 Å². The second-order valence-corrected chi connectivity index (χ2v) is 5.06. The van der Waals surface area contributed by atoms with Crippen molar-refractivity contribution in [3.63, 3.8) is 0 Å². The fourth-order valence-corrected chi connectivity index (χ4v) is 2.37. The molecule has 0 fully saturated rings. The number of nitrogen functional groups attached to an aromatic ring is 1. The summed E-state index contributed by atoms with van der Waals surface area (Å²) < 4.78 is 5.93. The van der Waals surface area contributed by atoms with Gasteiger partial charge in [0.25, 0.3) is 0 Å². The Morgan fingerprint density at radius 3 is 2.91 bits per heavy atom. The van der Waals surface area contributed by atoms with Crippen molar-refractivity contribution in [3.05, 3.63) is 48.3 Å². The van der Waals surface area contributed by atoms with Crippen LogP contribution in [0, 0.1) is 0 Å². The van der Waals surface area contributed by atoms with Gasteiger partial charge >= 0.3 is 0 Å². The molecule has 6 heteroatoms. The molecule has 0 aliphatic heterocycles. The van der Waals surface area contributed by atoms with Crippen LogP contribution >= 0.6 is 0 Å². The number of imidazole rings is 1. The standard InChI is InChI=1S/C17H19N5O/c1-3-4-13(19-2)15-9-12(7-8-20-15)23-11-5-6-14-16(10-11)22-17(18)21-14/h4-10,19H,3H2,1-2H3,(H3,18,21,22)/b13-4-. The van der Waals surface area contributed by atoms with Crippen LogP contribution in [0.15, 0.2) is 42.6 Å². The summed E-state index contributed by atoms with van der Waals surface area (Å²) in [4.78, 5) is 11.5. The zero-order chi connectivity index (χ0) is 16.2. The molecule has 1 aromatic carbocycles. The van der Waals surface area contributed by atoms with Crippen LogP contribution in [0.3, 0.4) is 0 Å². The monoisotopic (exact) mass is 309 g/mol. The molecule has 0 atom stereocenters. The maximum atomic E-state index is 5.93. The number of nitrogens with zero attached hydrogens (tertiary/aromatic N) is 2. The minimum Gasteiger partial charge on any atom is -0.457 e. The van der Waals surface area contributed by atoms with E-state index in [-0.39, 0.29) is 0 Å². The number of anilines is 1. The highest BCUT2D eigenvalue weighted by Crippen LogP contribution is 2.26. The third-order valence-electron chi connectivity index (χ3n) is 3.39. The van der Waals surface area contributed by atoms with E-state index in [0.29, 0.717) is 11.7 Å². The molecule has 2 aromatic heterocycles. The van der Waals surface area contributed by atoms with Crippen molar-refractivity contribution in [3.8, 4) is 11.5 Å². The van der Waals surface area contributed by atoms with Gasteiger partial charge in [0.05, 0.1) is 22.4 Å². The highest BCUT2D eigenvalue weighted by molar-refractivity contribution is 5.78. The first-order valence-electron chi connectivity index (χ1n) is 7.47. The Morgan fingerprint density at radius 2 is 2.13 bits per heavy atom. The molecule has 3 aromatic rings. The Bertz CT molecular complexity index is 853. The van der Waals surface area contributed by atoms with Gasteiger partial charge in [-0.25, -0.2) is 4.98 Å². The highest BCUT2D eigenvalue weighted by Gasteiger charge is 2.06. The molecule has 0 aliphatic rings. The van der Waals surface area contributed by atoms with Crippen LogP contribution in [0.2, 0.25) is 0 Å². The lowest BCUT2D eigenvalue weighted by atomic mass is 10.2. The van der Waals surface area contributed by atoms with Gasteiger partial charge in [-0.2, -0.15) is 0 Å². The van der Waals surface area contributed by atoms with Gasteiger partial charge in [0.2, 0.25) is 0 Å². The molecule has 23 heavy (non-hydrogen) atoms. The van der Waals surface area contributed by atoms with E-state index in [2.05, 4.69) is 33.3 Å². The van der Waals surface area contributed by atoms with Crippen LogP contribution in [0.4, 0.5) is 5.95 Å². The van der Waals surface area contributed by atoms with Crippen molar-refractivity contribution in [2.24, 2.45) is 0 Å². The Hall–Kier alpha value is -3.02. The minimum atomic E-state index is 0.395. The predicted octanol–water partition coefficient (Wildman–Crippen LogP) is 3.30. The van der Waals surface area contributed by atoms with Crippen LogP contribution in [0.5, 0.6) is 11.5 Å². The molecule has 4 N–H and O–H groups in total. The number of aromatic nitrogens is 3. The van der Waals surface area contributed by atoms with Gasteiger partial charge in [-0.1, -0.05) is 13.0 Å². The van der Waals surface area contributed by atoms with Gasteiger partial charge in [0.15, 0.2) is 5.95 Å². The molecule has 3 rings (SSSR count). The van der Waals surface area contributed by atoms with Gasteiger partial charge in [0, 0.05) is 25.4 Å². The number of H-pyrrole nitrogens is 1. The molecule has 2 heterocycles. The average Bonchev–Trinajstić information content (AvgIpc) is 2.92. The summed E-state index contributed by atoms with van der Waals surface area (Å²) in [5.41, 5.74) is 9.15. The Morgan fingerprint density at radius 1 is 1.30 bits per heavy atom. The van der Waals surface area contributed by atoms with E-state index in [1.165, 1.54) is 0 Å². The summed E-state index contributed by atoms with van der Waals surface area (Å²) >= 11 is 0. The summed E-state index contributed by atoms with van der Waals surface area (Å²) in [7, 11) is 1.88. The van der Waals surface area contributed by atoms with Crippen LogP contribution in [-0.2, 0) is 0 Å². The van der Waals surface area contributed by atoms with Crippen LogP contribution < -0.4 is 15.8 Å². The van der Waals surface area contributed by atoms with E-state index in [0.717, 1.165) is 34.6 Å². The third-order valence-corrected chi connectivity index (χ3v) is 3.39. The van der Waals surface area contributed by atoms with Crippen LogP contribution in [0.1, 0.15) is 19.0 Å². The number of rotatable bonds is 5. The largest absolute Gasteiger partial charge is 0.457 e. The van der Waals surface area contributed by atoms with Crippen molar-refractivity contribution < 1.29 is 4.74 Å². The molecule has 0 spiro atoms. The van der Waals surface area contributed by atoms with Gasteiger partial charge < -0.3 is 20.8 Å². The fraction of sp³-hybridized carbons (Fsp3) is 0.176. The molecule has 0 radical (unpaired) electrons. The van der Waals surface area contributed by atoms with E-state index < -0.39 is 0 Å². The van der Waals surface area contributed by atoms with E-state index in [1.807, 2.05) is 37.4 Å². The van der Waals surface area contributed by atoms with E-state index >= 15 is 0 Å². The summed E-state index contributed by atoms with van der Waals surface area (Å²) in [6, 6.07) is 9.34. The second-order valence-electron chi connectivity index (χ2n) is 5.06. The zero-order valence-corrected chi connectivity index (χ0v) is 13.1. The van der Waals surface area contributed by atoms with E-state index in [4.69, 9.17) is 10.5 Å². The molecule has 0 aliphatic carbocycles. The minimum absolute atomic E-state index is 0.395. The first kappa shape index (κ1) is 14.9. The number of aromatic amines is 1. The topological polar surface area (TPSA) is 88.9 Å². The molecule has 0 unspecified atom stereocenters. The number of nitrogens with two attached hydrogens (primary N) is 1. The smallest absolute Gasteiger partial charge is 0.198 e. The molecule has 0 bridgehead atoms. The Labute approximate surface area is 134 Å². The molecular formula is C17H19N5O. The van der Waals surface area contributed by atoms with Gasteiger partial charge in [-0.05, 0) is 24.6 Å². The second kappa shape index (κ2) is 6.39. The number of allylic oxidation sites excluding steroid dienone is 1. The first-order chi connectivity index (χ1) is 11.2. The predicted molar refractivity (Wildman–Crippen MR) is 92.1 cm³/mol. The molecule has 6 nitrogen and oxygen atoms in total. The maximum absolute atomic E-state index is 5.93. The molecular weight excluding hydrogens is 290 g/mol. The average molecular weight is 309 g/mol. The normalized spacial score (nSPS) is 11.7. The first-order valence-corrected chi connectivity index (χ1v) is 7.47. The van der Waals surface area contributed by atoms with Gasteiger partial charge in [-0.15, -0.1) is 0 Å². The molecule has 0 saturated heterocycles. The number of ether oxygens (including phenoxy) is 1. The summed E-state index contributed by atoms with van der Waals surface area (Å²) in [6.45, 7) is 2.09. The van der Waals surface area contributed by atoms with E-state index in [9.17, 15) is 0 Å². The van der Waals surface area contributed by atoms with Gasteiger partial charge in [0.1, 0.15) is 11.5 Å². The summed E-state index contributed by atoms with van der Waals surface area (Å²) in [5.74, 6) is 1.83. The lowest BCUT2D eigenvalue weighted by molar-refractivity contribution is 0.482. The van der Waals surface area contributed by atoms with Crippen molar-refractivity contribution in [2.45, 2.75) is 13.3 Å². The lowest BCUT2D eigenvalue weighted by Crippen LogP contribution is -2.06. The number of hydrogen-bond acceptors (Lipinski definition) is 5. The number of pyridine rings is 1. The number of benzene rings is 1. The molecule has 0 saturated carbocycles. The van der Waals surface area contributed by atoms with Crippen molar-refractivity contribution in [2.75, 3.05) is 12.8 Å². The zero-order valence-electron chi connectivity index (χ0n) is 13.1. The van der Waals surface area contributed by atoms with Crippen molar-refractivity contribution in [1.29, 1.82) is 0 Å². The Balaban J connectivity index is 1.88. The highest BCUT2D eigenvalue weighted by atomic mass is 16.5. The summed E-state index contributed by atoms with van der Waals surface area (Å²) in [5, 5.41) is 3.15.